The Balaban J connectivity index is 4.37. The highest BCUT2D eigenvalue weighted by atomic mass is 16.4. The number of hydrogen-bond acceptors (Lipinski definition) is 3. The zero-order chi connectivity index (χ0) is 12.2. The molecule has 0 aromatic rings. The van der Waals surface area contributed by atoms with Gasteiger partial charge in [-0.2, -0.15) is 0 Å². The Morgan fingerprint density at radius 2 is 1.80 bits per heavy atom. The van der Waals surface area contributed by atoms with Gasteiger partial charge in [-0.15, -0.1) is 0 Å². The Hall–Kier alpha value is -1.10. The number of carbonyl (C=O) groups is 2. The average Bonchev–Trinajstić information content (AvgIpc) is 2.13. The molecule has 5 heteroatoms. The molecule has 0 bridgehead atoms. The minimum atomic E-state index is -1.03. The fourth-order valence-electron chi connectivity index (χ4n) is 1.23. The van der Waals surface area contributed by atoms with Crippen LogP contribution >= 0.6 is 0 Å². The van der Waals surface area contributed by atoms with Crippen molar-refractivity contribution in [3.8, 4) is 0 Å². The van der Waals surface area contributed by atoms with Gasteiger partial charge in [0.05, 0.1) is 6.04 Å². The quantitative estimate of drug-likeness (QED) is 0.692. The predicted octanol–water partition coefficient (Wildman–Crippen LogP) is 0.291. The van der Waals surface area contributed by atoms with E-state index in [0.29, 0.717) is 12.3 Å². The van der Waals surface area contributed by atoms with Gasteiger partial charge in [-0.1, -0.05) is 13.8 Å². The molecule has 0 spiro atoms. The van der Waals surface area contributed by atoms with Crippen molar-refractivity contribution < 1.29 is 14.7 Å². The summed E-state index contributed by atoms with van der Waals surface area (Å²) in [5, 5.41) is 8.73. The lowest BCUT2D eigenvalue weighted by Gasteiger charge is -2.25. The smallest absolute Gasteiger partial charge is 0.326 e. The summed E-state index contributed by atoms with van der Waals surface area (Å²) in [7, 11) is 1.46. The van der Waals surface area contributed by atoms with Crippen molar-refractivity contribution in [3.63, 3.8) is 0 Å². The van der Waals surface area contributed by atoms with E-state index in [0.717, 1.165) is 0 Å². The third-order valence-corrected chi connectivity index (χ3v) is 2.33. The maximum atomic E-state index is 11.7. The molecule has 0 aromatic carbocycles. The molecule has 5 nitrogen and oxygen atoms in total. The fourth-order valence-corrected chi connectivity index (χ4v) is 1.23. The standard InChI is InChI=1S/C10H20N2O3/c1-6(2)5-8(11)9(13)12(4)7(3)10(14)15/h6-8H,5,11H2,1-4H3,(H,14,15). The van der Waals surface area contributed by atoms with Crippen molar-refractivity contribution in [1.29, 1.82) is 0 Å². The number of carbonyl (C=O) groups excluding carboxylic acids is 1. The Bertz CT molecular complexity index is 241. The molecule has 0 heterocycles. The van der Waals surface area contributed by atoms with E-state index in [-0.39, 0.29) is 5.91 Å². The molecule has 15 heavy (non-hydrogen) atoms. The first-order valence-corrected chi connectivity index (χ1v) is 5.02. The highest BCUT2D eigenvalue weighted by Crippen LogP contribution is 2.07. The molecule has 0 aromatic heterocycles. The van der Waals surface area contributed by atoms with Gasteiger partial charge in [0.1, 0.15) is 6.04 Å². The highest BCUT2D eigenvalue weighted by Gasteiger charge is 2.26. The Morgan fingerprint density at radius 1 is 1.33 bits per heavy atom. The van der Waals surface area contributed by atoms with Crippen LogP contribution in [-0.2, 0) is 9.59 Å². The summed E-state index contributed by atoms with van der Waals surface area (Å²) >= 11 is 0. The van der Waals surface area contributed by atoms with Gasteiger partial charge >= 0.3 is 5.97 Å². The van der Waals surface area contributed by atoms with Crippen molar-refractivity contribution in [2.75, 3.05) is 7.05 Å². The molecule has 2 unspecified atom stereocenters. The molecular weight excluding hydrogens is 196 g/mol. The van der Waals surface area contributed by atoms with E-state index in [1.54, 1.807) is 0 Å². The first-order valence-electron chi connectivity index (χ1n) is 5.02. The molecule has 0 aliphatic rings. The number of nitrogens with zero attached hydrogens (tertiary/aromatic N) is 1. The third-order valence-electron chi connectivity index (χ3n) is 2.33. The predicted molar refractivity (Wildman–Crippen MR) is 57.3 cm³/mol. The van der Waals surface area contributed by atoms with Crippen LogP contribution in [0.3, 0.4) is 0 Å². The maximum Gasteiger partial charge on any atom is 0.326 e. The van der Waals surface area contributed by atoms with Crippen LogP contribution in [0, 0.1) is 5.92 Å². The normalized spacial score (nSPS) is 14.8. The second kappa shape index (κ2) is 5.70. The van der Waals surface area contributed by atoms with Crippen molar-refractivity contribution in [3.05, 3.63) is 0 Å². The molecule has 0 rings (SSSR count). The minimum absolute atomic E-state index is 0.317. The Labute approximate surface area is 90.2 Å². The maximum absolute atomic E-state index is 11.7. The van der Waals surface area contributed by atoms with Crippen LogP contribution in [-0.4, -0.2) is 41.0 Å². The van der Waals surface area contributed by atoms with Gasteiger partial charge in [0.15, 0.2) is 0 Å². The van der Waals surface area contributed by atoms with Crippen LogP contribution in [0.5, 0.6) is 0 Å². The Morgan fingerprint density at radius 3 is 2.13 bits per heavy atom. The molecule has 0 radical (unpaired) electrons. The monoisotopic (exact) mass is 216 g/mol. The first-order chi connectivity index (χ1) is 6.77. The average molecular weight is 216 g/mol. The van der Waals surface area contributed by atoms with E-state index in [2.05, 4.69) is 0 Å². The minimum Gasteiger partial charge on any atom is -0.480 e. The number of likely N-dealkylation sites (N-methyl/N-ethyl adjacent to an activating group) is 1. The molecule has 1 amide bonds. The molecule has 0 aliphatic carbocycles. The van der Waals surface area contributed by atoms with Crippen LogP contribution in [0.1, 0.15) is 27.2 Å². The number of aliphatic carboxylic acids is 1. The molecule has 88 valence electrons. The summed E-state index contributed by atoms with van der Waals surface area (Å²) in [6.07, 6.45) is 0.565. The number of carboxylic acids is 1. The summed E-state index contributed by atoms with van der Waals surface area (Å²) in [5.74, 6) is -1.03. The van der Waals surface area contributed by atoms with Gasteiger partial charge < -0.3 is 15.7 Å². The molecule has 0 aliphatic heterocycles. The van der Waals surface area contributed by atoms with E-state index in [1.807, 2.05) is 13.8 Å². The highest BCUT2D eigenvalue weighted by molar-refractivity contribution is 5.86. The van der Waals surface area contributed by atoms with Crippen molar-refractivity contribution in [2.24, 2.45) is 11.7 Å². The van der Waals surface area contributed by atoms with Gasteiger partial charge in [0, 0.05) is 7.05 Å². The molecule has 0 saturated heterocycles. The van der Waals surface area contributed by atoms with E-state index < -0.39 is 18.1 Å². The molecule has 3 N–H and O–H groups in total. The molecule has 0 saturated carbocycles. The van der Waals surface area contributed by atoms with Crippen LogP contribution in [0.25, 0.3) is 0 Å². The van der Waals surface area contributed by atoms with E-state index in [4.69, 9.17) is 10.8 Å². The molecule has 2 atom stereocenters. The summed E-state index contributed by atoms with van der Waals surface area (Å²) in [5.41, 5.74) is 5.67. The van der Waals surface area contributed by atoms with Crippen molar-refractivity contribution in [2.45, 2.75) is 39.3 Å². The van der Waals surface area contributed by atoms with Crippen LogP contribution in [0.2, 0.25) is 0 Å². The second-order valence-corrected chi connectivity index (χ2v) is 4.20. The van der Waals surface area contributed by atoms with Crippen LogP contribution in [0.4, 0.5) is 0 Å². The van der Waals surface area contributed by atoms with Crippen LogP contribution < -0.4 is 5.73 Å². The second-order valence-electron chi connectivity index (χ2n) is 4.20. The SMILES string of the molecule is CC(C)CC(N)C(=O)N(C)C(C)C(=O)O. The Kier molecular flexibility index (Phi) is 5.28. The lowest BCUT2D eigenvalue weighted by molar-refractivity contribution is -0.148. The van der Waals surface area contributed by atoms with Gasteiger partial charge in [-0.3, -0.25) is 4.79 Å². The van der Waals surface area contributed by atoms with Gasteiger partial charge in [0.2, 0.25) is 5.91 Å². The molecule has 0 fully saturated rings. The number of hydrogen-bond donors (Lipinski definition) is 2. The van der Waals surface area contributed by atoms with E-state index in [1.165, 1.54) is 18.9 Å². The number of nitrogens with two attached hydrogens (primary N) is 1. The van der Waals surface area contributed by atoms with E-state index >= 15 is 0 Å². The zero-order valence-electron chi connectivity index (χ0n) is 9.73. The first kappa shape index (κ1) is 13.9. The topological polar surface area (TPSA) is 83.6 Å². The summed E-state index contributed by atoms with van der Waals surface area (Å²) in [6, 6.07) is -1.45. The third kappa shape index (κ3) is 4.29. The fraction of sp³-hybridized carbons (Fsp3) is 0.800. The van der Waals surface area contributed by atoms with Crippen LogP contribution in [0.15, 0.2) is 0 Å². The number of amides is 1. The number of rotatable bonds is 5. The summed E-state index contributed by atoms with van der Waals surface area (Å²) < 4.78 is 0. The number of carboxylic acid groups (broad SMARTS) is 1. The van der Waals surface area contributed by atoms with Crippen molar-refractivity contribution in [1.82, 2.24) is 4.90 Å². The summed E-state index contributed by atoms with van der Waals surface area (Å²) in [6.45, 7) is 5.39. The van der Waals surface area contributed by atoms with Gasteiger partial charge in [-0.25, -0.2) is 4.79 Å². The van der Waals surface area contributed by atoms with E-state index in [9.17, 15) is 9.59 Å². The lowest BCUT2D eigenvalue weighted by atomic mass is 10.0. The lowest BCUT2D eigenvalue weighted by Crippen LogP contribution is -2.48. The van der Waals surface area contributed by atoms with Gasteiger partial charge in [-0.05, 0) is 19.3 Å². The zero-order valence-corrected chi connectivity index (χ0v) is 9.73. The van der Waals surface area contributed by atoms with Gasteiger partial charge in [0.25, 0.3) is 0 Å². The van der Waals surface area contributed by atoms with Crippen molar-refractivity contribution >= 4 is 11.9 Å². The molecular formula is C10H20N2O3. The largest absolute Gasteiger partial charge is 0.480 e. The summed E-state index contributed by atoms with van der Waals surface area (Å²) in [4.78, 5) is 23.5.